The SMILES string of the molecule is C[C@@H]1CCN(C(=O)c2cc(C3CC3)nc3c2nc2n3CCCCC2)c2ccccc2S1. The molecule has 1 aromatic carbocycles. The zero-order valence-corrected chi connectivity index (χ0v) is 18.8. The maximum absolute atomic E-state index is 14.1. The van der Waals surface area contributed by atoms with Gasteiger partial charge in [-0.25, -0.2) is 9.97 Å². The Morgan fingerprint density at radius 3 is 2.81 bits per heavy atom. The predicted molar refractivity (Wildman–Crippen MR) is 125 cm³/mol. The first-order valence-electron chi connectivity index (χ1n) is 11.7. The van der Waals surface area contributed by atoms with Crippen molar-refractivity contribution in [3.05, 3.63) is 47.4 Å². The summed E-state index contributed by atoms with van der Waals surface area (Å²) in [5.74, 6) is 1.67. The van der Waals surface area contributed by atoms with E-state index in [1.165, 1.54) is 24.2 Å². The van der Waals surface area contributed by atoms with Crippen LogP contribution in [-0.2, 0) is 13.0 Å². The van der Waals surface area contributed by atoms with Crippen LogP contribution in [0.1, 0.15) is 73.2 Å². The first kappa shape index (κ1) is 19.4. The number of hydrogen-bond acceptors (Lipinski definition) is 4. The van der Waals surface area contributed by atoms with Crippen LogP contribution >= 0.6 is 11.8 Å². The molecule has 0 unspecified atom stereocenters. The molecular weight excluding hydrogens is 404 g/mol. The number of anilines is 1. The summed E-state index contributed by atoms with van der Waals surface area (Å²) in [6, 6.07) is 10.4. The largest absolute Gasteiger partial charge is 0.313 e. The summed E-state index contributed by atoms with van der Waals surface area (Å²) in [6.45, 7) is 3.94. The standard InChI is InChI=1S/C25H28N4OS/c1-16-12-14-28(20-7-4-5-8-21(20)31-16)25(30)18-15-19(17-10-11-17)26-24-23(18)27-22-9-3-2-6-13-29(22)24/h4-5,7-8,15-17H,2-3,6,9-14H2,1H3/t16-/m1/s1. The van der Waals surface area contributed by atoms with Crippen LogP contribution < -0.4 is 4.90 Å². The topological polar surface area (TPSA) is 51.0 Å². The van der Waals surface area contributed by atoms with Crippen molar-refractivity contribution in [3.8, 4) is 0 Å². The molecule has 2 aliphatic heterocycles. The van der Waals surface area contributed by atoms with Gasteiger partial charge in [0.2, 0.25) is 0 Å². The first-order chi connectivity index (χ1) is 15.2. The number of rotatable bonds is 2. The van der Waals surface area contributed by atoms with E-state index >= 15 is 0 Å². The third-order valence-electron chi connectivity index (χ3n) is 6.80. The third kappa shape index (κ3) is 3.45. The fourth-order valence-electron chi connectivity index (χ4n) is 4.90. The maximum atomic E-state index is 14.1. The van der Waals surface area contributed by atoms with E-state index in [1.54, 1.807) is 0 Å². The van der Waals surface area contributed by atoms with E-state index in [1.807, 2.05) is 22.7 Å². The molecule has 1 amide bonds. The molecule has 0 saturated heterocycles. The number of aromatic nitrogens is 3. The molecular formula is C25H28N4OS. The quantitative estimate of drug-likeness (QED) is 0.531. The van der Waals surface area contributed by atoms with E-state index in [2.05, 4.69) is 35.8 Å². The van der Waals surface area contributed by atoms with Gasteiger partial charge in [0.25, 0.3) is 5.91 Å². The molecule has 1 saturated carbocycles. The highest BCUT2D eigenvalue weighted by Crippen LogP contribution is 2.42. The lowest BCUT2D eigenvalue weighted by Gasteiger charge is -2.23. The van der Waals surface area contributed by atoms with Gasteiger partial charge in [-0.15, -0.1) is 11.8 Å². The second kappa shape index (κ2) is 7.66. The number of amides is 1. The Hall–Kier alpha value is -2.34. The van der Waals surface area contributed by atoms with Crippen molar-refractivity contribution in [2.45, 2.75) is 74.5 Å². The highest BCUT2D eigenvalue weighted by molar-refractivity contribution is 8.00. The van der Waals surface area contributed by atoms with Crippen molar-refractivity contribution >= 4 is 34.5 Å². The number of pyridine rings is 1. The molecule has 3 aromatic rings. The van der Waals surface area contributed by atoms with E-state index in [4.69, 9.17) is 9.97 Å². The van der Waals surface area contributed by atoms with Gasteiger partial charge in [-0.05, 0) is 50.3 Å². The van der Waals surface area contributed by atoms with Crippen LogP contribution in [0.4, 0.5) is 5.69 Å². The van der Waals surface area contributed by atoms with Crippen LogP contribution in [-0.4, -0.2) is 32.2 Å². The molecule has 31 heavy (non-hydrogen) atoms. The Bertz CT molecular complexity index is 1170. The molecule has 3 aliphatic rings. The molecule has 6 heteroatoms. The first-order valence-corrected chi connectivity index (χ1v) is 12.5. The van der Waals surface area contributed by atoms with Crippen LogP contribution in [0.2, 0.25) is 0 Å². The number of para-hydroxylation sites is 1. The zero-order chi connectivity index (χ0) is 20.9. The monoisotopic (exact) mass is 432 g/mol. The van der Waals surface area contributed by atoms with Crippen molar-refractivity contribution in [1.82, 2.24) is 14.5 Å². The smallest absolute Gasteiger partial charge is 0.260 e. The second-order valence-electron chi connectivity index (χ2n) is 9.17. The lowest BCUT2D eigenvalue weighted by molar-refractivity contribution is 0.0987. The predicted octanol–water partition coefficient (Wildman–Crippen LogP) is 5.57. The molecule has 4 heterocycles. The zero-order valence-electron chi connectivity index (χ0n) is 18.0. The van der Waals surface area contributed by atoms with Gasteiger partial charge < -0.3 is 9.47 Å². The third-order valence-corrected chi connectivity index (χ3v) is 8.04. The number of imidazole rings is 1. The molecule has 6 rings (SSSR count). The minimum Gasteiger partial charge on any atom is -0.313 e. The van der Waals surface area contributed by atoms with Crippen molar-refractivity contribution < 1.29 is 4.79 Å². The van der Waals surface area contributed by atoms with Gasteiger partial charge in [0, 0.05) is 41.3 Å². The fraction of sp³-hybridized carbons (Fsp3) is 0.480. The molecule has 0 bridgehead atoms. The van der Waals surface area contributed by atoms with E-state index in [-0.39, 0.29) is 5.91 Å². The summed E-state index contributed by atoms with van der Waals surface area (Å²) in [4.78, 5) is 27.3. The van der Waals surface area contributed by atoms with Gasteiger partial charge in [0.1, 0.15) is 11.3 Å². The molecule has 1 fully saturated rings. The highest BCUT2D eigenvalue weighted by atomic mass is 32.2. The van der Waals surface area contributed by atoms with E-state index in [9.17, 15) is 4.79 Å². The fourth-order valence-corrected chi connectivity index (χ4v) is 6.02. The minimum absolute atomic E-state index is 0.0738. The normalized spacial score (nSPS) is 21.3. The van der Waals surface area contributed by atoms with Gasteiger partial charge >= 0.3 is 0 Å². The minimum atomic E-state index is 0.0738. The van der Waals surface area contributed by atoms with Crippen LogP contribution in [0.3, 0.4) is 0 Å². The number of aryl methyl sites for hydroxylation is 2. The Balaban J connectivity index is 1.50. The number of carbonyl (C=O) groups excluding carboxylic acids is 1. The number of fused-ring (bicyclic) bond motifs is 4. The summed E-state index contributed by atoms with van der Waals surface area (Å²) in [7, 11) is 0. The second-order valence-corrected chi connectivity index (χ2v) is 10.7. The van der Waals surface area contributed by atoms with Crippen molar-refractivity contribution in [2.24, 2.45) is 0 Å². The lowest BCUT2D eigenvalue weighted by Crippen LogP contribution is -2.32. The summed E-state index contributed by atoms with van der Waals surface area (Å²) < 4.78 is 2.29. The van der Waals surface area contributed by atoms with Gasteiger partial charge in [0.15, 0.2) is 5.65 Å². The molecule has 160 valence electrons. The Labute approximate surface area is 187 Å². The van der Waals surface area contributed by atoms with Crippen molar-refractivity contribution in [2.75, 3.05) is 11.4 Å². The van der Waals surface area contributed by atoms with Crippen LogP contribution in [0.25, 0.3) is 11.2 Å². The van der Waals surface area contributed by atoms with Gasteiger partial charge in [-0.3, -0.25) is 4.79 Å². The Morgan fingerprint density at radius 1 is 1.06 bits per heavy atom. The number of carbonyl (C=O) groups is 1. The maximum Gasteiger partial charge on any atom is 0.260 e. The van der Waals surface area contributed by atoms with E-state index in [0.29, 0.717) is 11.2 Å². The highest BCUT2D eigenvalue weighted by Gasteiger charge is 2.32. The van der Waals surface area contributed by atoms with E-state index in [0.717, 1.165) is 72.7 Å². The van der Waals surface area contributed by atoms with E-state index < -0.39 is 0 Å². The molecule has 0 spiro atoms. The van der Waals surface area contributed by atoms with Crippen LogP contribution in [0.15, 0.2) is 35.2 Å². The number of hydrogen-bond donors (Lipinski definition) is 0. The van der Waals surface area contributed by atoms with Crippen LogP contribution in [0.5, 0.6) is 0 Å². The molecule has 0 radical (unpaired) electrons. The van der Waals surface area contributed by atoms with Crippen molar-refractivity contribution in [1.29, 1.82) is 0 Å². The average Bonchev–Trinajstić information content (AvgIpc) is 3.60. The molecule has 5 nitrogen and oxygen atoms in total. The average molecular weight is 433 g/mol. The van der Waals surface area contributed by atoms with Gasteiger partial charge in [0.05, 0.1) is 11.3 Å². The number of nitrogens with zero attached hydrogens (tertiary/aromatic N) is 4. The Kier molecular flexibility index (Phi) is 4.78. The number of benzene rings is 1. The summed E-state index contributed by atoms with van der Waals surface area (Å²) in [5, 5.41) is 0.488. The molecule has 1 aliphatic carbocycles. The summed E-state index contributed by atoms with van der Waals surface area (Å²) >= 11 is 1.87. The lowest BCUT2D eigenvalue weighted by atomic mass is 10.1. The molecule has 2 aromatic heterocycles. The Morgan fingerprint density at radius 2 is 1.94 bits per heavy atom. The molecule has 0 N–H and O–H groups in total. The summed E-state index contributed by atoms with van der Waals surface area (Å²) in [6.07, 6.45) is 7.86. The van der Waals surface area contributed by atoms with Crippen LogP contribution in [0, 0.1) is 0 Å². The van der Waals surface area contributed by atoms with Gasteiger partial charge in [-0.1, -0.05) is 25.5 Å². The number of thioether (sulfide) groups is 1. The summed E-state index contributed by atoms with van der Waals surface area (Å²) in [5.41, 5.74) is 4.57. The molecule has 1 atom stereocenters. The van der Waals surface area contributed by atoms with Crippen molar-refractivity contribution in [3.63, 3.8) is 0 Å². The van der Waals surface area contributed by atoms with Gasteiger partial charge in [-0.2, -0.15) is 0 Å².